The van der Waals surface area contributed by atoms with E-state index in [9.17, 15) is 24.1 Å². The monoisotopic (exact) mass is 569 g/mol. The number of benzene rings is 1. The normalized spacial score (nSPS) is 27.2. The van der Waals surface area contributed by atoms with Gasteiger partial charge in [-0.05, 0) is 64.2 Å². The number of halogens is 1. The molecule has 1 aromatic carbocycles. The Morgan fingerprint density at radius 2 is 1.92 bits per heavy atom. The van der Waals surface area contributed by atoms with E-state index in [-0.39, 0.29) is 5.75 Å². The molecule has 2 fully saturated rings. The molecular formula is C25H33FN3O9P. The first-order chi connectivity index (χ1) is 18.3. The van der Waals surface area contributed by atoms with Crippen LogP contribution >= 0.6 is 7.75 Å². The van der Waals surface area contributed by atoms with Crippen molar-refractivity contribution in [1.29, 1.82) is 0 Å². The van der Waals surface area contributed by atoms with E-state index < -0.39 is 67.8 Å². The second-order valence-corrected chi connectivity index (χ2v) is 11.9. The van der Waals surface area contributed by atoms with Crippen molar-refractivity contribution in [2.75, 3.05) is 6.61 Å². The van der Waals surface area contributed by atoms with E-state index in [2.05, 4.69) is 5.09 Å². The molecule has 0 spiro atoms. The minimum Gasteiger partial charge on any atom is -0.462 e. The van der Waals surface area contributed by atoms with Gasteiger partial charge in [0.25, 0.3) is 5.56 Å². The number of esters is 1. The molecule has 1 unspecified atom stereocenters. The summed E-state index contributed by atoms with van der Waals surface area (Å²) in [7, 11) is -4.33. The maximum absolute atomic E-state index is 15.5. The molecule has 2 aliphatic rings. The summed E-state index contributed by atoms with van der Waals surface area (Å²) in [6, 6.07) is 6.84. The second-order valence-electron chi connectivity index (χ2n) is 10.2. The Bertz CT molecular complexity index is 1340. The van der Waals surface area contributed by atoms with E-state index in [1.165, 1.54) is 6.92 Å². The van der Waals surface area contributed by atoms with Crippen LogP contribution < -0.4 is 20.9 Å². The molecule has 0 radical (unpaired) electrons. The highest BCUT2D eigenvalue weighted by atomic mass is 31.2. The number of ether oxygens (including phenoxy) is 2. The minimum absolute atomic E-state index is 0.195. The second kappa shape index (κ2) is 11.3. The summed E-state index contributed by atoms with van der Waals surface area (Å²) in [5.41, 5.74) is -2.99. The third-order valence-corrected chi connectivity index (χ3v) is 8.08. The summed E-state index contributed by atoms with van der Waals surface area (Å²) >= 11 is 0. The van der Waals surface area contributed by atoms with Crippen molar-refractivity contribution in [1.82, 2.24) is 14.6 Å². The fourth-order valence-electron chi connectivity index (χ4n) is 4.20. The number of rotatable bonds is 11. The maximum Gasteiger partial charge on any atom is 0.459 e. The standard InChI is InChI=1S/C25H33FN3O9P/c1-14(2)36-22(32)15(3)28-39(34,38-18-9-7-17(8-10-18)16-5-6-16)35-13-19-21(31)25(4,26)23(37-19)29-12-11-20(30)27-24(29)33/h7-12,14-16,19,21,23,31H,5-6,13H2,1-4H3,(H,28,34)(H,27,30,33)/t15-,19+,21+,23+,25+,39?/m0/s1. The van der Waals surface area contributed by atoms with Crippen LogP contribution in [0.2, 0.25) is 0 Å². The fraction of sp³-hybridized carbons (Fsp3) is 0.560. The molecule has 214 valence electrons. The van der Waals surface area contributed by atoms with Gasteiger partial charge in [-0.15, -0.1) is 0 Å². The van der Waals surface area contributed by atoms with Gasteiger partial charge in [0.05, 0.1) is 12.7 Å². The molecule has 12 nitrogen and oxygen atoms in total. The maximum atomic E-state index is 15.5. The molecule has 6 atom stereocenters. The van der Waals surface area contributed by atoms with Crippen molar-refractivity contribution in [3.05, 3.63) is 62.9 Å². The van der Waals surface area contributed by atoms with Gasteiger partial charge in [0.15, 0.2) is 11.9 Å². The lowest BCUT2D eigenvalue weighted by atomic mass is 9.98. The largest absolute Gasteiger partial charge is 0.462 e. The Balaban J connectivity index is 1.52. The lowest BCUT2D eigenvalue weighted by Gasteiger charge is -2.25. The number of aliphatic hydroxyl groups is 1. The zero-order chi connectivity index (χ0) is 28.5. The molecule has 4 rings (SSSR count). The first-order valence-electron chi connectivity index (χ1n) is 12.7. The summed E-state index contributed by atoms with van der Waals surface area (Å²) in [5.74, 6) is -0.0157. The van der Waals surface area contributed by atoms with Gasteiger partial charge in [0, 0.05) is 12.3 Å². The van der Waals surface area contributed by atoms with Crippen molar-refractivity contribution < 1.29 is 37.4 Å². The third kappa shape index (κ3) is 6.85. The molecule has 3 N–H and O–H groups in total. The molecule has 0 bridgehead atoms. The van der Waals surface area contributed by atoms with Crippen LogP contribution in [0.25, 0.3) is 0 Å². The van der Waals surface area contributed by atoms with Crippen molar-refractivity contribution >= 4 is 13.7 Å². The Hall–Kier alpha value is -2.83. The number of alkyl halides is 1. The molecule has 1 aromatic heterocycles. The lowest BCUT2D eigenvalue weighted by Crippen LogP contribution is -2.43. The zero-order valence-corrected chi connectivity index (χ0v) is 22.9. The molecular weight excluding hydrogens is 536 g/mol. The van der Waals surface area contributed by atoms with Crippen molar-refractivity contribution in [2.45, 2.75) is 82.7 Å². The van der Waals surface area contributed by atoms with E-state index in [1.54, 1.807) is 26.0 Å². The molecule has 1 saturated carbocycles. The molecule has 1 aliphatic heterocycles. The van der Waals surface area contributed by atoms with Crippen molar-refractivity contribution in [3.63, 3.8) is 0 Å². The highest BCUT2D eigenvalue weighted by molar-refractivity contribution is 7.52. The highest BCUT2D eigenvalue weighted by Crippen LogP contribution is 2.48. The van der Waals surface area contributed by atoms with Gasteiger partial charge >= 0.3 is 19.4 Å². The average Bonchev–Trinajstić information content (AvgIpc) is 3.67. The Morgan fingerprint density at radius 3 is 2.51 bits per heavy atom. The van der Waals surface area contributed by atoms with Gasteiger partial charge in [-0.1, -0.05) is 12.1 Å². The van der Waals surface area contributed by atoms with Gasteiger partial charge in [-0.25, -0.2) is 13.8 Å². The number of hydrogen-bond acceptors (Lipinski definition) is 9. The number of carbonyl (C=O) groups is 1. The molecule has 2 heterocycles. The molecule has 0 amide bonds. The van der Waals surface area contributed by atoms with E-state index in [0.717, 1.165) is 42.2 Å². The van der Waals surface area contributed by atoms with Gasteiger partial charge in [0.1, 0.15) is 24.0 Å². The SMILES string of the molecule is CC(C)OC(=O)[C@H](C)NP(=O)(OC[C@H]1O[C@@H](n2ccc(=O)[nH]c2=O)[C@](C)(F)[C@@H]1O)Oc1ccc(C2CC2)cc1. The smallest absolute Gasteiger partial charge is 0.459 e. The number of aromatic amines is 1. The average molecular weight is 570 g/mol. The van der Waals surface area contributed by atoms with Crippen LogP contribution in [0.15, 0.2) is 46.1 Å². The molecule has 14 heteroatoms. The van der Waals surface area contributed by atoms with Crippen LogP contribution in [0.3, 0.4) is 0 Å². The number of nitrogens with zero attached hydrogens (tertiary/aromatic N) is 1. The Labute approximate surface area is 224 Å². The first kappa shape index (κ1) is 29.2. The van der Waals surface area contributed by atoms with Gasteiger partial charge in [-0.3, -0.25) is 23.7 Å². The minimum atomic E-state index is -4.33. The van der Waals surface area contributed by atoms with E-state index >= 15 is 4.39 Å². The quantitative estimate of drug-likeness (QED) is 0.271. The number of nitrogens with one attached hydrogen (secondary N) is 2. The predicted octanol–water partition coefficient (Wildman–Crippen LogP) is 2.53. The summed E-state index contributed by atoms with van der Waals surface area (Å²) in [5, 5.41) is 13.2. The number of carbonyl (C=O) groups excluding carboxylic acids is 1. The van der Waals surface area contributed by atoms with Gasteiger partial charge < -0.3 is 19.1 Å². The van der Waals surface area contributed by atoms with E-state index in [0.29, 0.717) is 5.92 Å². The number of hydrogen-bond donors (Lipinski definition) is 3. The summed E-state index contributed by atoms with van der Waals surface area (Å²) in [6.07, 6.45) is -2.00. The summed E-state index contributed by atoms with van der Waals surface area (Å²) < 4.78 is 52.1. The summed E-state index contributed by atoms with van der Waals surface area (Å²) in [6.45, 7) is 5.13. The highest BCUT2D eigenvalue weighted by Gasteiger charge is 2.56. The predicted molar refractivity (Wildman–Crippen MR) is 137 cm³/mol. The third-order valence-electron chi connectivity index (χ3n) is 6.44. The molecule has 39 heavy (non-hydrogen) atoms. The Morgan fingerprint density at radius 1 is 1.26 bits per heavy atom. The first-order valence-corrected chi connectivity index (χ1v) is 14.2. The number of H-pyrrole nitrogens is 1. The fourth-order valence-corrected chi connectivity index (χ4v) is 5.71. The van der Waals surface area contributed by atoms with Crippen molar-refractivity contribution in [3.8, 4) is 5.75 Å². The van der Waals surface area contributed by atoms with Gasteiger partial charge in [0.2, 0.25) is 0 Å². The van der Waals surface area contributed by atoms with Crippen LogP contribution in [-0.4, -0.2) is 57.3 Å². The van der Waals surface area contributed by atoms with Crippen LogP contribution in [0.5, 0.6) is 5.75 Å². The zero-order valence-electron chi connectivity index (χ0n) is 22.0. The van der Waals surface area contributed by atoms with Crippen molar-refractivity contribution in [2.24, 2.45) is 0 Å². The topological polar surface area (TPSA) is 158 Å². The van der Waals surface area contributed by atoms with E-state index in [1.807, 2.05) is 17.1 Å². The summed E-state index contributed by atoms with van der Waals surface area (Å²) in [4.78, 5) is 38.0. The molecule has 2 aromatic rings. The molecule has 1 saturated heterocycles. The van der Waals surface area contributed by atoms with Gasteiger partial charge in [-0.2, -0.15) is 5.09 Å². The number of aromatic nitrogens is 2. The van der Waals surface area contributed by atoms with Crippen LogP contribution in [0.1, 0.15) is 58.2 Å². The van der Waals surface area contributed by atoms with Crippen LogP contribution in [0.4, 0.5) is 4.39 Å². The van der Waals surface area contributed by atoms with Crippen LogP contribution in [0, 0.1) is 0 Å². The number of aliphatic hydroxyl groups excluding tert-OH is 1. The lowest BCUT2D eigenvalue weighted by molar-refractivity contribution is -0.149. The Kier molecular flexibility index (Phi) is 8.48. The molecule has 1 aliphatic carbocycles. The van der Waals surface area contributed by atoms with Crippen LogP contribution in [-0.2, 0) is 23.4 Å². The van der Waals surface area contributed by atoms with E-state index in [4.69, 9.17) is 18.5 Å².